The number of hydrogen-bond acceptors (Lipinski definition) is 10. The third kappa shape index (κ3) is 8.98. The summed E-state index contributed by atoms with van der Waals surface area (Å²) in [5.41, 5.74) is -0.719. The van der Waals surface area contributed by atoms with Crippen LogP contribution in [0.5, 0.6) is 0 Å². The summed E-state index contributed by atoms with van der Waals surface area (Å²) in [7, 11) is 0. The maximum Gasteiger partial charge on any atom is 0.336 e. The minimum Gasteiger partial charge on any atom is -0.481 e. The molecule has 0 spiro atoms. The SMILES string of the molecule is CC1CN(C(=O)CN2C[C@H](c3ccc(F)cc3)[C@@H](c3csnn3)C2)CC(C)O1.O=C(O)CC(O)(CC(=O)O)C(=O)O. The molecule has 2 aliphatic heterocycles. The zero-order valence-electron chi connectivity index (χ0n) is 22.6. The predicted molar refractivity (Wildman–Crippen MR) is 142 cm³/mol. The minimum absolute atomic E-state index is 0.0621. The number of halogens is 1. The van der Waals surface area contributed by atoms with Gasteiger partial charge in [0, 0.05) is 43.4 Å². The van der Waals surface area contributed by atoms with Gasteiger partial charge in [-0.05, 0) is 43.1 Å². The van der Waals surface area contributed by atoms with Crippen LogP contribution in [-0.2, 0) is 23.9 Å². The van der Waals surface area contributed by atoms with Crippen molar-refractivity contribution in [2.24, 2.45) is 0 Å². The number of nitrogens with zero attached hydrogens (tertiary/aromatic N) is 4. The molecule has 2 unspecified atom stereocenters. The second-order valence-electron chi connectivity index (χ2n) is 10.3. The quantitative estimate of drug-likeness (QED) is 0.324. The van der Waals surface area contributed by atoms with E-state index in [0.29, 0.717) is 19.6 Å². The molecule has 0 bridgehead atoms. The zero-order valence-corrected chi connectivity index (χ0v) is 23.4. The number of likely N-dealkylation sites (tertiary alicyclic amines) is 1. The number of aliphatic hydroxyl groups is 1. The third-order valence-corrected chi connectivity index (χ3v) is 7.39. The lowest BCUT2D eigenvalue weighted by Crippen LogP contribution is -2.50. The molecule has 1 aromatic carbocycles. The first-order chi connectivity index (χ1) is 19.3. The highest BCUT2D eigenvalue weighted by Gasteiger charge is 2.41. The summed E-state index contributed by atoms with van der Waals surface area (Å²) in [6.45, 7) is 7.15. The van der Waals surface area contributed by atoms with Gasteiger partial charge in [-0.15, -0.1) is 5.10 Å². The van der Waals surface area contributed by atoms with Gasteiger partial charge < -0.3 is 30.1 Å². The molecule has 2 aromatic rings. The van der Waals surface area contributed by atoms with E-state index in [1.807, 2.05) is 36.3 Å². The number of carbonyl (C=O) groups excluding carboxylic acids is 1. The van der Waals surface area contributed by atoms with Gasteiger partial charge in [0.2, 0.25) is 5.91 Å². The molecule has 0 aliphatic carbocycles. The van der Waals surface area contributed by atoms with Crippen molar-refractivity contribution in [3.8, 4) is 0 Å². The van der Waals surface area contributed by atoms with Gasteiger partial charge in [-0.25, -0.2) is 9.18 Å². The zero-order chi connectivity index (χ0) is 30.3. The lowest BCUT2D eigenvalue weighted by molar-refractivity contribution is -0.170. The topological polar surface area (TPSA) is 191 Å². The number of aliphatic carboxylic acids is 3. The number of amides is 1. The first-order valence-corrected chi connectivity index (χ1v) is 13.7. The van der Waals surface area contributed by atoms with Crippen LogP contribution in [0.15, 0.2) is 29.6 Å². The number of morpholine rings is 1. The summed E-state index contributed by atoms with van der Waals surface area (Å²) < 4.78 is 23.1. The number of aromatic nitrogens is 2. The number of carboxylic acids is 3. The summed E-state index contributed by atoms with van der Waals surface area (Å²) in [4.78, 5) is 47.5. The summed E-state index contributed by atoms with van der Waals surface area (Å²) in [5, 5.41) is 40.1. The van der Waals surface area contributed by atoms with Gasteiger partial charge >= 0.3 is 17.9 Å². The van der Waals surface area contributed by atoms with Crippen LogP contribution < -0.4 is 0 Å². The molecular formula is C26H33FN4O9S. The van der Waals surface area contributed by atoms with Gasteiger partial charge in [-0.2, -0.15) is 0 Å². The smallest absolute Gasteiger partial charge is 0.336 e. The molecule has 4 rings (SSSR count). The maximum atomic E-state index is 13.4. The van der Waals surface area contributed by atoms with Crippen molar-refractivity contribution < 1.29 is 48.7 Å². The average Bonchev–Trinajstić information content (AvgIpc) is 3.53. The van der Waals surface area contributed by atoms with Gasteiger partial charge in [-0.1, -0.05) is 16.6 Å². The Morgan fingerprint density at radius 1 is 0.976 bits per heavy atom. The lowest BCUT2D eigenvalue weighted by Gasteiger charge is -2.36. The van der Waals surface area contributed by atoms with Crippen LogP contribution in [0.2, 0.25) is 0 Å². The Bertz CT molecular complexity index is 1190. The fourth-order valence-electron chi connectivity index (χ4n) is 5.08. The van der Waals surface area contributed by atoms with E-state index in [0.717, 1.165) is 24.3 Å². The van der Waals surface area contributed by atoms with Crippen molar-refractivity contribution in [2.45, 2.75) is 56.3 Å². The third-order valence-electron chi connectivity index (χ3n) is 6.87. The number of hydrogen-bond donors (Lipinski definition) is 4. The molecule has 0 saturated carbocycles. The maximum absolute atomic E-state index is 13.4. The van der Waals surface area contributed by atoms with Crippen molar-refractivity contribution in [1.29, 1.82) is 0 Å². The van der Waals surface area contributed by atoms with Crippen molar-refractivity contribution in [1.82, 2.24) is 19.4 Å². The molecule has 1 amide bonds. The monoisotopic (exact) mass is 596 g/mol. The van der Waals surface area contributed by atoms with E-state index in [2.05, 4.69) is 14.5 Å². The van der Waals surface area contributed by atoms with Gasteiger partial charge in [0.1, 0.15) is 5.82 Å². The van der Waals surface area contributed by atoms with E-state index >= 15 is 0 Å². The van der Waals surface area contributed by atoms with E-state index in [1.54, 1.807) is 0 Å². The number of benzene rings is 1. The van der Waals surface area contributed by atoms with Gasteiger partial charge in [-0.3, -0.25) is 19.3 Å². The summed E-state index contributed by atoms with van der Waals surface area (Å²) in [5.74, 6) is -4.80. The Labute approximate surface area is 239 Å². The minimum atomic E-state index is -2.74. The fraction of sp³-hybridized carbons (Fsp3) is 0.538. The van der Waals surface area contributed by atoms with Gasteiger partial charge in [0.15, 0.2) is 5.60 Å². The molecule has 2 saturated heterocycles. The molecule has 15 heteroatoms. The standard InChI is InChI=1S/C20H25FN4O2S.C6H8O7/c1-13-7-25(8-14(2)27-13)20(26)11-24-9-17(15-3-5-16(21)6-4-15)18(10-24)19-12-28-23-22-19;7-3(8)1-6(13,5(11)12)2-4(9)10/h3-6,12-14,17-18H,7-11H2,1-2H3;13H,1-2H2,(H,7,8)(H,9,10)(H,11,12)/t13?,14?,17-,18+;/m1./s1. The van der Waals surface area contributed by atoms with Crippen LogP contribution in [0.1, 0.15) is 49.8 Å². The molecule has 3 heterocycles. The Balaban J connectivity index is 0.000000302. The highest BCUT2D eigenvalue weighted by atomic mass is 32.1. The van der Waals surface area contributed by atoms with Crippen LogP contribution in [0.25, 0.3) is 0 Å². The van der Waals surface area contributed by atoms with Crippen molar-refractivity contribution in [3.63, 3.8) is 0 Å². The molecule has 0 radical (unpaired) electrons. The van der Waals surface area contributed by atoms with Crippen LogP contribution >= 0.6 is 11.5 Å². The molecule has 1 aromatic heterocycles. The predicted octanol–water partition coefficient (Wildman–Crippen LogP) is 1.25. The van der Waals surface area contributed by atoms with Crippen molar-refractivity contribution in [2.75, 3.05) is 32.7 Å². The van der Waals surface area contributed by atoms with E-state index in [1.165, 1.54) is 23.7 Å². The lowest BCUT2D eigenvalue weighted by atomic mass is 9.87. The number of carboxylic acid groups (broad SMARTS) is 3. The fourth-order valence-corrected chi connectivity index (χ4v) is 5.60. The molecule has 41 heavy (non-hydrogen) atoms. The average molecular weight is 597 g/mol. The highest BCUT2D eigenvalue weighted by molar-refractivity contribution is 7.03. The molecule has 4 N–H and O–H groups in total. The van der Waals surface area contributed by atoms with Crippen molar-refractivity contribution in [3.05, 3.63) is 46.7 Å². The number of ether oxygens (including phenoxy) is 1. The molecule has 2 aliphatic rings. The van der Waals surface area contributed by atoms with Gasteiger partial charge in [0.05, 0.1) is 37.3 Å². The van der Waals surface area contributed by atoms with E-state index in [-0.39, 0.29) is 35.8 Å². The van der Waals surface area contributed by atoms with Gasteiger partial charge in [0.25, 0.3) is 0 Å². The Morgan fingerprint density at radius 3 is 2.02 bits per heavy atom. The van der Waals surface area contributed by atoms with E-state index < -0.39 is 36.4 Å². The Morgan fingerprint density at radius 2 is 1.54 bits per heavy atom. The first-order valence-electron chi connectivity index (χ1n) is 12.8. The van der Waals surface area contributed by atoms with E-state index in [4.69, 9.17) is 25.2 Å². The molecule has 13 nitrogen and oxygen atoms in total. The molecule has 4 atom stereocenters. The first kappa shape index (κ1) is 32.0. The number of rotatable bonds is 9. The largest absolute Gasteiger partial charge is 0.481 e. The van der Waals surface area contributed by atoms with Crippen LogP contribution in [0.3, 0.4) is 0 Å². The highest BCUT2D eigenvalue weighted by Crippen LogP contribution is 2.39. The second-order valence-corrected chi connectivity index (χ2v) is 10.9. The molecule has 2 fully saturated rings. The van der Waals surface area contributed by atoms with Crippen molar-refractivity contribution >= 4 is 35.3 Å². The summed E-state index contributed by atoms with van der Waals surface area (Å²) in [6, 6.07) is 6.67. The Kier molecular flexibility index (Phi) is 10.8. The van der Waals surface area contributed by atoms with Crippen LogP contribution in [0.4, 0.5) is 4.39 Å². The Hall–Kier alpha value is -3.53. The molecular weight excluding hydrogens is 563 g/mol. The van der Waals surface area contributed by atoms with E-state index in [9.17, 15) is 23.6 Å². The summed E-state index contributed by atoms with van der Waals surface area (Å²) in [6.07, 6.45) is -2.16. The molecule has 224 valence electrons. The number of carbonyl (C=O) groups is 4. The normalized spacial score (nSPS) is 23.0. The van der Waals surface area contributed by atoms with Crippen LogP contribution in [0, 0.1) is 5.82 Å². The second kappa shape index (κ2) is 13.9. The summed E-state index contributed by atoms with van der Waals surface area (Å²) >= 11 is 1.34. The van der Waals surface area contributed by atoms with Crippen LogP contribution in [-0.4, -0.2) is 114 Å².